The predicted molar refractivity (Wildman–Crippen MR) is 149 cm³/mol. The highest BCUT2D eigenvalue weighted by molar-refractivity contribution is 5.81. The van der Waals surface area contributed by atoms with Crippen LogP contribution in [0.15, 0.2) is 24.3 Å². The number of hydrogen-bond acceptors (Lipinski definition) is 8. The number of rotatable bonds is 13. The molecule has 0 saturated heterocycles. The van der Waals surface area contributed by atoms with Crippen LogP contribution < -0.4 is 19.7 Å². The molecule has 0 aliphatic heterocycles. The maximum Gasteiger partial charge on any atom is 0.323 e. The highest BCUT2D eigenvalue weighted by Crippen LogP contribution is 2.34. The lowest BCUT2D eigenvalue weighted by Gasteiger charge is -2.29. The molecule has 12 nitrogen and oxygen atoms in total. The van der Waals surface area contributed by atoms with E-state index in [0.717, 1.165) is 29.2 Å². The van der Waals surface area contributed by atoms with E-state index in [1.54, 1.807) is 26.0 Å². The Hall–Kier alpha value is -4.48. The second-order valence-corrected chi connectivity index (χ2v) is 9.39. The number of carboxylic acids is 4. The van der Waals surface area contributed by atoms with Crippen LogP contribution in [-0.2, 0) is 19.2 Å². The predicted octanol–water partition coefficient (Wildman–Crippen LogP) is 3.72. The number of benzene rings is 2. The lowest BCUT2D eigenvalue weighted by atomic mass is 10.1. The van der Waals surface area contributed by atoms with E-state index in [1.807, 2.05) is 39.8 Å². The first-order valence-electron chi connectivity index (χ1n) is 12.4. The third-order valence-corrected chi connectivity index (χ3v) is 5.88. The van der Waals surface area contributed by atoms with Gasteiger partial charge in [-0.05, 0) is 88.1 Å². The summed E-state index contributed by atoms with van der Waals surface area (Å²) in [5, 5.41) is 38.0. The number of ether oxygens (including phenoxy) is 2. The molecule has 40 heavy (non-hydrogen) atoms. The molecule has 0 radical (unpaired) electrons. The molecule has 0 saturated carbocycles. The van der Waals surface area contributed by atoms with E-state index in [4.69, 9.17) is 24.5 Å². The van der Waals surface area contributed by atoms with Crippen molar-refractivity contribution in [2.45, 2.75) is 60.7 Å². The van der Waals surface area contributed by atoms with Crippen LogP contribution in [0.1, 0.15) is 43.0 Å². The highest BCUT2D eigenvalue weighted by Gasteiger charge is 2.24. The Kier molecular flexibility index (Phi) is 12.7. The third kappa shape index (κ3) is 11.1. The second-order valence-electron chi connectivity index (χ2n) is 9.39. The van der Waals surface area contributed by atoms with Gasteiger partial charge in [0.15, 0.2) is 0 Å². The van der Waals surface area contributed by atoms with E-state index in [0.29, 0.717) is 22.9 Å². The average molecular weight is 563 g/mol. The monoisotopic (exact) mass is 562 g/mol. The van der Waals surface area contributed by atoms with Crippen LogP contribution in [0.4, 0.5) is 11.4 Å². The Morgan fingerprint density at radius 2 is 1.12 bits per heavy atom. The first-order valence-corrected chi connectivity index (χ1v) is 12.4. The van der Waals surface area contributed by atoms with Gasteiger partial charge in [0, 0.05) is 6.92 Å². The van der Waals surface area contributed by atoms with Crippen molar-refractivity contribution in [1.82, 2.24) is 0 Å². The molecule has 2 rings (SSSR count). The van der Waals surface area contributed by atoms with Gasteiger partial charge in [-0.2, -0.15) is 0 Å². The molecular weight excluding hydrogens is 524 g/mol. The van der Waals surface area contributed by atoms with Gasteiger partial charge in [0.25, 0.3) is 5.97 Å². The van der Waals surface area contributed by atoms with Gasteiger partial charge in [-0.15, -0.1) is 0 Å². The van der Waals surface area contributed by atoms with Crippen LogP contribution in [0.25, 0.3) is 0 Å². The van der Waals surface area contributed by atoms with Crippen LogP contribution in [0, 0.1) is 27.7 Å². The molecule has 0 amide bonds. The van der Waals surface area contributed by atoms with Gasteiger partial charge in [0.1, 0.15) is 43.3 Å². The Morgan fingerprint density at radius 1 is 0.725 bits per heavy atom. The summed E-state index contributed by atoms with van der Waals surface area (Å²) in [6.45, 7) is 11.0. The number of aryl methyl sites for hydroxylation is 4. The lowest BCUT2D eigenvalue weighted by Crippen LogP contribution is -2.36. The summed E-state index contributed by atoms with van der Waals surface area (Å²) >= 11 is 0. The molecular formula is C28H38N2O10. The van der Waals surface area contributed by atoms with Crippen LogP contribution in [0.5, 0.6) is 11.5 Å². The summed E-state index contributed by atoms with van der Waals surface area (Å²) in [6.07, 6.45) is -1.03. The summed E-state index contributed by atoms with van der Waals surface area (Å²) in [7, 11) is 0. The van der Waals surface area contributed by atoms with Crippen molar-refractivity contribution in [3.8, 4) is 11.5 Å². The fraction of sp³-hybridized carbons (Fsp3) is 0.429. The van der Waals surface area contributed by atoms with Gasteiger partial charge >= 0.3 is 17.9 Å². The minimum atomic E-state index is -1.17. The maximum atomic E-state index is 11.4. The molecule has 0 fully saturated rings. The van der Waals surface area contributed by atoms with Gasteiger partial charge in [-0.25, -0.2) is 0 Å². The molecule has 12 heteroatoms. The van der Waals surface area contributed by atoms with E-state index in [-0.39, 0.29) is 6.54 Å². The SMILES string of the molecule is CC(=O)O.Cc1cc(NCC(=O)O)c(OC(C)C(C)Oc2cc(C)c(C)cc2N(CC(=O)O)CC(=O)O)cc1C. The summed E-state index contributed by atoms with van der Waals surface area (Å²) in [5.41, 5.74) is 4.61. The Labute approximate surface area is 233 Å². The molecule has 2 unspecified atom stereocenters. The quantitative estimate of drug-likeness (QED) is 0.239. The van der Waals surface area contributed by atoms with Crippen LogP contribution >= 0.6 is 0 Å². The van der Waals surface area contributed by atoms with Gasteiger partial charge < -0.3 is 40.1 Å². The third-order valence-electron chi connectivity index (χ3n) is 5.88. The molecule has 2 atom stereocenters. The van der Waals surface area contributed by atoms with Crippen molar-refractivity contribution in [2.24, 2.45) is 0 Å². The minimum absolute atomic E-state index is 0.270. The van der Waals surface area contributed by atoms with Crippen LogP contribution in [-0.4, -0.2) is 76.1 Å². The molecule has 0 spiro atoms. The summed E-state index contributed by atoms with van der Waals surface area (Å²) in [5.74, 6) is -3.35. The summed E-state index contributed by atoms with van der Waals surface area (Å²) in [4.78, 5) is 44.1. The number of nitrogens with zero attached hydrogens (tertiary/aromatic N) is 1. The van der Waals surface area contributed by atoms with Gasteiger partial charge in [0.2, 0.25) is 0 Å². The molecule has 5 N–H and O–H groups in total. The molecule has 0 aliphatic rings. The molecule has 2 aromatic carbocycles. The zero-order valence-corrected chi connectivity index (χ0v) is 23.8. The number of nitrogens with one attached hydrogen (secondary N) is 1. The van der Waals surface area contributed by atoms with Crippen LogP contribution in [0.2, 0.25) is 0 Å². The van der Waals surface area contributed by atoms with Crippen molar-refractivity contribution in [2.75, 3.05) is 29.9 Å². The maximum absolute atomic E-state index is 11.4. The molecule has 220 valence electrons. The zero-order chi connectivity index (χ0) is 30.7. The van der Waals surface area contributed by atoms with Gasteiger partial charge in [0.05, 0.1) is 11.4 Å². The van der Waals surface area contributed by atoms with E-state index >= 15 is 0 Å². The molecule has 0 bridgehead atoms. The first-order chi connectivity index (χ1) is 18.5. The van der Waals surface area contributed by atoms with Crippen molar-refractivity contribution in [3.63, 3.8) is 0 Å². The number of aliphatic carboxylic acids is 4. The highest BCUT2D eigenvalue weighted by atomic mass is 16.5. The minimum Gasteiger partial charge on any atom is -0.485 e. The smallest absolute Gasteiger partial charge is 0.323 e. The fourth-order valence-electron chi connectivity index (χ4n) is 3.46. The van der Waals surface area contributed by atoms with Crippen molar-refractivity contribution >= 4 is 35.3 Å². The number of hydrogen-bond donors (Lipinski definition) is 5. The molecule has 0 heterocycles. The largest absolute Gasteiger partial charge is 0.485 e. The summed E-state index contributed by atoms with van der Waals surface area (Å²) < 4.78 is 12.3. The fourth-order valence-corrected chi connectivity index (χ4v) is 3.46. The zero-order valence-electron chi connectivity index (χ0n) is 23.8. The Bertz CT molecular complexity index is 1210. The summed E-state index contributed by atoms with van der Waals surface area (Å²) in [6, 6.07) is 7.11. The number of carboxylic acid groups (broad SMARTS) is 4. The number of carbonyl (C=O) groups is 4. The van der Waals surface area contributed by atoms with Gasteiger partial charge in [-0.3, -0.25) is 19.2 Å². The molecule has 0 aliphatic carbocycles. The standard InChI is InChI=1S/C26H34N2O8.C2H4O2/c1-14-7-20(27-11-24(29)30)22(9-16(14)3)35-18(5)19(6)36-23-10-17(4)15(2)8-21(23)28(12-25(31)32)13-26(33)34;1-2(3)4/h7-10,18-19,27H,11-13H2,1-6H3,(H,29,30)(H,31,32)(H,33,34);1H3,(H,3,4). The first kappa shape index (κ1) is 33.5. The second kappa shape index (κ2) is 15.2. The normalized spacial score (nSPS) is 11.8. The molecule has 0 aromatic heterocycles. The van der Waals surface area contributed by atoms with E-state index in [2.05, 4.69) is 5.32 Å². The Balaban J connectivity index is 0.00000187. The topological polar surface area (TPSA) is 183 Å². The molecule has 2 aromatic rings. The number of anilines is 2. The van der Waals surface area contributed by atoms with Crippen molar-refractivity contribution < 1.29 is 49.1 Å². The lowest BCUT2D eigenvalue weighted by molar-refractivity contribution is -0.137. The van der Waals surface area contributed by atoms with Crippen molar-refractivity contribution in [3.05, 3.63) is 46.5 Å². The van der Waals surface area contributed by atoms with E-state index in [9.17, 15) is 24.6 Å². The Morgan fingerprint density at radius 3 is 1.57 bits per heavy atom. The van der Waals surface area contributed by atoms with Crippen molar-refractivity contribution in [1.29, 1.82) is 0 Å². The average Bonchev–Trinajstić information content (AvgIpc) is 2.81. The van der Waals surface area contributed by atoms with E-state index in [1.165, 1.54) is 4.90 Å². The van der Waals surface area contributed by atoms with Gasteiger partial charge in [-0.1, -0.05) is 0 Å². The van der Waals surface area contributed by atoms with E-state index < -0.39 is 49.2 Å². The van der Waals surface area contributed by atoms with Crippen LogP contribution in [0.3, 0.4) is 0 Å².